The van der Waals surface area contributed by atoms with Crippen molar-refractivity contribution in [3.8, 4) is 5.75 Å². The van der Waals surface area contributed by atoms with Crippen molar-refractivity contribution in [2.45, 2.75) is 45.1 Å². The Morgan fingerprint density at radius 2 is 2.00 bits per heavy atom. The normalized spacial score (nSPS) is 12.8. The Balaban J connectivity index is 2.36. The van der Waals surface area contributed by atoms with Crippen LogP contribution in [0.25, 0.3) is 0 Å². The third-order valence-electron chi connectivity index (χ3n) is 4.19. The van der Waals surface area contributed by atoms with Gasteiger partial charge in [0.05, 0.1) is 32.7 Å². The van der Waals surface area contributed by atoms with Crippen LogP contribution in [0.5, 0.6) is 5.75 Å². The van der Waals surface area contributed by atoms with Crippen LogP contribution >= 0.6 is 11.6 Å². The van der Waals surface area contributed by atoms with Gasteiger partial charge in [-0.3, -0.25) is 9.48 Å². The molecule has 2 aromatic rings. The number of nitrogens with one attached hydrogen (secondary N) is 1. The predicted molar refractivity (Wildman–Crippen MR) is 101 cm³/mol. The van der Waals surface area contributed by atoms with Crippen LogP contribution in [0.1, 0.15) is 37.7 Å². The van der Waals surface area contributed by atoms with E-state index >= 15 is 0 Å². The fraction of sp³-hybridized carbons (Fsp3) is 0.412. The van der Waals surface area contributed by atoms with E-state index in [1.165, 1.54) is 29.8 Å². The van der Waals surface area contributed by atoms with Crippen molar-refractivity contribution < 1.29 is 18.3 Å². The number of hydrogen-bond acceptors (Lipinski definition) is 5. The summed E-state index contributed by atoms with van der Waals surface area (Å²) in [6, 6.07) is 3.17. The molecule has 0 aliphatic heterocycles. The van der Waals surface area contributed by atoms with Crippen LogP contribution in [-0.4, -0.2) is 35.0 Å². The number of hydrogen-bond donors (Lipinski definition) is 2. The number of benzene rings is 1. The molecule has 1 atom stereocenters. The van der Waals surface area contributed by atoms with Gasteiger partial charge >= 0.3 is 0 Å². The zero-order chi connectivity index (χ0) is 19.6. The molecule has 1 aromatic carbocycles. The minimum absolute atomic E-state index is 0.0373. The van der Waals surface area contributed by atoms with Crippen molar-refractivity contribution in [1.82, 2.24) is 9.78 Å². The second-order valence-corrected chi connectivity index (χ2v) is 8.58. The number of aromatic nitrogens is 2. The Morgan fingerprint density at radius 3 is 2.50 bits per heavy atom. The quantitative estimate of drug-likeness (QED) is 0.726. The topological polar surface area (TPSA) is 101 Å². The summed E-state index contributed by atoms with van der Waals surface area (Å²) in [6.07, 6.45) is 0.442. The van der Waals surface area contributed by atoms with E-state index in [4.69, 9.17) is 11.6 Å². The first kappa shape index (κ1) is 20.3. The molecular weight excluding hydrogens is 378 g/mol. The summed E-state index contributed by atoms with van der Waals surface area (Å²) >= 11 is 6.15. The molecule has 0 aliphatic carbocycles. The number of carbonyl (C=O) groups is 1. The van der Waals surface area contributed by atoms with E-state index in [-0.39, 0.29) is 22.1 Å². The summed E-state index contributed by atoms with van der Waals surface area (Å²) in [4.78, 5) is 12.8. The zero-order valence-electron chi connectivity index (χ0n) is 15.1. The number of amides is 1. The Labute approximate surface area is 157 Å². The molecule has 0 saturated carbocycles. The number of phenols is 1. The molecule has 0 radical (unpaired) electrons. The molecule has 1 aromatic heterocycles. The lowest BCUT2D eigenvalue weighted by Gasteiger charge is -2.18. The fourth-order valence-corrected chi connectivity index (χ4v) is 3.64. The predicted octanol–water partition coefficient (Wildman–Crippen LogP) is 3.24. The lowest BCUT2D eigenvalue weighted by Crippen LogP contribution is -2.27. The molecule has 9 heteroatoms. The summed E-state index contributed by atoms with van der Waals surface area (Å²) in [5, 5.41) is 17.4. The van der Waals surface area contributed by atoms with Gasteiger partial charge in [0.15, 0.2) is 9.84 Å². The number of sulfone groups is 1. The largest absolute Gasteiger partial charge is 0.506 e. The Kier molecular flexibility index (Phi) is 5.98. The molecule has 0 saturated heterocycles. The Bertz CT molecular complexity index is 938. The highest BCUT2D eigenvalue weighted by Crippen LogP contribution is 2.29. The van der Waals surface area contributed by atoms with Gasteiger partial charge in [0.1, 0.15) is 11.8 Å². The van der Waals surface area contributed by atoms with Crippen molar-refractivity contribution in [1.29, 1.82) is 0 Å². The molecule has 0 spiro atoms. The molecule has 0 fully saturated rings. The number of phenolic OH excluding ortho intramolecular Hbond substituents is 1. The van der Waals surface area contributed by atoms with Gasteiger partial charge in [-0.2, -0.15) is 5.10 Å². The third-order valence-corrected chi connectivity index (χ3v) is 6.47. The monoisotopic (exact) mass is 399 g/mol. The number of nitrogens with zero attached hydrogens (tertiary/aromatic N) is 2. The standard InChI is InChI=1S/C17H22ClN3O4S/c1-5-14(21-11(4)16(18)10(3)20-21)17(23)19-13-9-12(7-8-15(13)22)26(24,25)6-2/h7-9,14,22H,5-6H2,1-4H3,(H,19,23). The van der Waals surface area contributed by atoms with Crippen molar-refractivity contribution in [3.05, 3.63) is 34.6 Å². The van der Waals surface area contributed by atoms with Gasteiger partial charge in [0, 0.05) is 0 Å². The van der Waals surface area contributed by atoms with Crippen molar-refractivity contribution in [2.24, 2.45) is 0 Å². The van der Waals surface area contributed by atoms with Crippen molar-refractivity contribution in [2.75, 3.05) is 11.1 Å². The lowest BCUT2D eigenvalue weighted by atomic mass is 10.2. The molecule has 2 N–H and O–H groups in total. The molecule has 1 heterocycles. The van der Waals surface area contributed by atoms with Crippen LogP contribution < -0.4 is 5.32 Å². The number of halogens is 1. The smallest absolute Gasteiger partial charge is 0.249 e. The summed E-state index contributed by atoms with van der Waals surface area (Å²) in [5.41, 5.74) is 1.32. The van der Waals surface area contributed by atoms with E-state index in [1.807, 2.05) is 6.92 Å². The van der Waals surface area contributed by atoms with Crippen LogP contribution in [0.2, 0.25) is 5.02 Å². The third kappa shape index (κ3) is 3.86. The summed E-state index contributed by atoms with van der Waals surface area (Å²) in [7, 11) is -3.46. The molecule has 7 nitrogen and oxygen atoms in total. The van der Waals surface area contributed by atoms with E-state index in [2.05, 4.69) is 10.4 Å². The van der Waals surface area contributed by atoms with Crippen LogP contribution in [0.3, 0.4) is 0 Å². The number of anilines is 1. The first-order chi connectivity index (χ1) is 12.1. The van der Waals surface area contributed by atoms with Gasteiger partial charge in [0.2, 0.25) is 5.91 Å². The van der Waals surface area contributed by atoms with Gasteiger partial charge in [-0.05, 0) is 38.5 Å². The van der Waals surface area contributed by atoms with E-state index in [0.29, 0.717) is 22.8 Å². The van der Waals surface area contributed by atoms with Crippen LogP contribution in [0, 0.1) is 13.8 Å². The fourth-order valence-electron chi connectivity index (χ4n) is 2.61. The molecule has 2 rings (SSSR count). The van der Waals surface area contributed by atoms with Gasteiger partial charge in [0.25, 0.3) is 0 Å². The maximum atomic E-state index is 12.7. The van der Waals surface area contributed by atoms with Crippen LogP contribution in [0.4, 0.5) is 5.69 Å². The highest BCUT2D eigenvalue weighted by molar-refractivity contribution is 7.91. The van der Waals surface area contributed by atoms with Gasteiger partial charge in [-0.15, -0.1) is 0 Å². The van der Waals surface area contributed by atoms with Gasteiger partial charge in [-0.25, -0.2) is 8.42 Å². The van der Waals surface area contributed by atoms with E-state index in [9.17, 15) is 18.3 Å². The van der Waals surface area contributed by atoms with Gasteiger partial charge in [-0.1, -0.05) is 25.4 Å². The zero-order valence-corrected chi connectivity index (χ0v) is 16.6. The van der Waals surface area contributed by atoms with Crippen molar-refractivity contribution >= 4 is 33.0 Å². The van der Waals surface area contributed by atoms with Gasteiger partial charge < -0.3 is 10.4 Å². The number of aromatic hydroxyl groups is 1. The molecule has 142 valence electrons. The molecule has 0 aliphatic rings. The maximum absolute atomic E-state index is 12.7. The lowest BCUT2D eigenvalue weighted by molar-refractivity contribution is -0.119. The minimum Gasteiger partial charge on any atom is -0.506 e. The van der Waals surface area contributed by atoms with Crippen LogP contribution in [-0.2, 0) is 14.6 Å². The van der Waals surface area contributed by atoms with Crippen molar-refractivity contribution in [3.63, 3.8) is 0 Å². The number of rotatable bonds is 6. The van der Waals surface area contributed by atoms with E-state index in [0.717, 1.165) is 0 Å². The first-order valence-electron chi connectivity index (χ1n) is 8.20. The number of carbonyl (C=O) groups excluding carboxylic acids is 1. The van der Waals surface area contributed by atoms with E-state index < -0.39 is 21.8 Å². The summed E-state index contributed by atoms with van der Waals surface area (Å²) < 4.78 is 25.6. The second-order valence-electron chi connectivity index (χ2n) is 5.93. The van der Waals surface area contributed by atoms with Crippen LogP contribution in [0.15, 0.2) is 23.1 Å². The highest BCUT2D eigenvalue weighted by Gasteiger charge is 2.24. The molecule has 0 bridgehead atoms. The Morgan fingerprint density at radius 1 is 1.35 bits per heavy atom. The molecule has 1 unspecified atom stereocenters. The highest BCUT2D eigenvalue weighted by atomic mass is 35.5. The van der Waals surface area contributed by atoms with E-state index in [1.54, 1.807) is 13.8 Å². The maximum Gasteiger partial charge on any atom is 0.249 e. The molecule has 1 amide bonds. The average Bonchev–Trinajstić information content (AvgIpc) is 2.85. The molecule has 26 heavy (non-hydrogen) atoms. The summed E-state index contributed by atoms with van der Waals surface area (Å²) in [5.74, 6) is -0.710. The average molecular weight is 400 g/mol. The number of aryl methyl sites for hydroxylation is 1. The first-order valence-corrected chi connectivity index (χ1v) is 10.2. The SMILES string of the molecule is CCC(C(=O)Nc1cc(S(=O)(=O)CC)ccc1O)n1nc(C)c(Cl)c1C. The summed E-state index contributed by atoms with van der Waals surface area (Å²) in [6.45, 7) is 6.87. The second kappa shape index (κ2) is 7.67. The molecular formula is C17H22ClN3O4S. The minimum atomic E-state index is -3.46. The Hall–Kier alpha value is -2.06.